The van der Waals surface area contributed by atoms with Crippen molar-refractivity contribution in [3.05, 3.63) is 0 Å². The smallest absolute Gasteiger partial charge is 0.127 e. The summed E-state index contributed by atoms with van der Waals surface area (Å²) in [5, 5.41) is 9.34. The van der Waals surface area contributed by atoms with Gasteiger partial charge in [-0.05, 0) is 33.6 Å². The molecule has 0 bridgehead atoms. The van der Waals surface area contributed by atoms with E-state index in [1.165, 1.54) is 0 Å². The lowest BCUT2D eigenvalue weighted by Gasteiger charge is -2.34. The van der Waals surface area contributed by atoms with Crippen LogP contribution in [0.5, 0.6) is 0 Å². The molecule has 2 nitrogen and oxygen atoms in total. The van der Waals surface area contributed by atoms with E-state index >= 15 is 0 Å². The van der Waals surface area contributed by atoms with Gasteiger partial charge in [-0.2, -0.15) is 0 Å². The minimum Gasteiger partial charge on any atom is -0.390 e. The van der Waals surface area contributed by atoms with Gasteiger partial charge in [0.25, 0.3) is 0 Å². The number of aliphatic hydroxyl groups excluding tert-OH is 1. The van der Waals surface area contributed by atoms with Gasteiger partial charge in [0.05, 0.1) is 6.10 Å². The van der Waals surface area contributed by atoms with Gasteiger partial charge in [0.15, 0.2) is 0 Å². The monoisotopic (exact) mass is 189 g/mol. The summed E-state index contributed by atoms with van der Waals surface area (Å²) in [6.45, 7) is 7.92. The predicted octanol–water partition coefficient (Wildman–Crippen LogP) is 1.58. The van der Waals surface area contributed by atoms with E-state index in [-0.39, 0.29) is 5.54 Å². The van der Waals surface area contributed by atoms with E-state index in [2.05, 4.69) is 25.7 Å². The molecule has 0 saturated carbocycles. The van der Waals surface area contributed by atoms with Crippen molar-refractivity contribution in [2.75, 3.05) is 13.1 Å². The van der Waals surface area contributed by atoms with Gasteiger partial charge < -0.3 is 5.11 Å². The molecule has 1 N–H and O–H groups in total. The lowest BCUT2D eigenvalue weighted by molar-refractivity contribution is 0.0747. The second-order valence-corrected chi connectivity index (χ2v) is 4.82. The van der Waals surface area contributed by atoms with E-state index in [1.54, 1.807) is 0 Å². The number of nitrogens with zero attached hydrogens (tertiary/aromatic N) is 1. The Morgan fingerprint density at radius 1 is 1.23 bits per heavy atom. The molecule has 0 aromatic carbocycles. The first-order valence-electron chi connectivity index (χ1n) is 4.98. The Hall–Kier alpha value is -0.150. The first-order valence-corrected chi connectivity index (χ1v) is 4.98. The highest BCUT2D eigenvalue weighted by molar-refractivity contribution is 4.83. The molecule has 3 heteroatoms. The normalized spacial score (nSPS) is 33.0. The number of hydrogen-bond donors (Lipinski definition) is 1. The maximum absolute atomic E-state index is 13.1. The van der Waals surface area contributed by atoms with Crippen molar-refractivity contribution < 1.29 is 9.50 Å². The number of alkyl halides is 1. The van der Waals surface area contributed by atoms with Gasteiger partial charge in [-0.1, -0.05) is 0 Å². The highest BCUT2D eigenvalue weighted by atomic mass is 19.1. The zero-order valence-corrected chi connectivity index (χ0v) is 8.76. The van der Waals surface area contributed by atoms with Crippen LogP contribution in [-0.4, -0.2) is 40.9 Å². The molecule has 0 aromatic rings. The number of hydrogen-bond acceptors (Lipinski definition) is 2. The van der Waals surface area contributed by atoms with Crippen molar-refractivity contribution in [2.45, 2.75) is 51.4 Å². The second-order valence-electron chi connectivity index (χ2n) is 4.82. The van der Waals surface area contributed by atoms with Gasteiger partial charge in [0.1, 0.15) is 6.17 Å². The maximum atomic E-state index is 13.1. The quantitative estimate of drug-likeness (QED) is 0.625. The molecule has 1 heterocycles. The Kier molecular flexibility index (Phi) is 3.30. The lowest BCUT2D eigenvalue weighted by Crippen LogP contribution is -2.42. The molecule has 13 heavy (non-hydrogen) atoms. The summed E-state index contributed by atoms with van der Waals surface area (Å²) in [6.07, 6.45) is -0.781. The predicted molar refractivity (Wildman–Crippen MR) is 51.5 cm³/mol. The Bertz CT molecular complexity index is 155. The molecular formula is C10H20FNO. The van der Waals surface area contributed by atoms with Crippen LogP contribution in [0.1, 0.15) is 33.6 Å². The summed E-state index contributed by atoms with van der Waals surface area (Å²) >= 11 is 0. The molecule has 0 spiro atoms. The molecule has 0 aromatic heterocycles. The van der Waals surface area contributed by atoms with Crippen molar-refractivity contribution in [2.24, 2.45) is 0 Å². The van der Waals surface area contributed by atoms with Crippen molar-refractivity contribution in [3.8, 4) is 0 Å². The Labute approximate surface area is 79.7 Å². The average molecular weight is 189 g/mol. The van der Waals surface area contributed by atoms with E-state index in [1.807, 2.05) is 0 Å². The zero-order chi connectivity index (χ0) is 10.1. The molecule has 2 atom stereocenters. The first-order chi connectivity index (χ1) is 5.91. The number of rotatable bonds is 0. The highest BCUT2D eigenvalue weighted by Crippen LogP contribution is 2.21. The highest BCUT2D eigenvalue weighted by Gasteiger charge is 2.29. The van der Waals surface area contributed by atoms with Gasteiger partial charge in [-0.15, -0.1) is 0 Å². The molecular weight excluding hydrogens is 169 g/mol. The van der Waals surface area contributed by atoms with Crippen LogP contribution in [0.4, 0.5) is 4.39 Å². The van der Waals surface area contributed by atoms with E-state index < -0.39 is 12.3 Å². The van der Waals surface area contributed by atoms with Gasteiger partial charge >= 0.3 is 0 Å². The van der Waals surface area contributed by atoms with Crippen LogP contribution < -0.4 is 0 Å². The lowest BCUT2D eigenvalue weighted by atomic mass is 10.1. The van der Waals surface area contributed by atoms with Gasteiger partial charge in [0.2, 0.25) is 0 Å². The minimum atomic E-state index is -1.03. The molecule has 1 fully saturated rings. The largest absolute Gasteiger partial charge is 0.390 e. The Balaban J connectivity index is 2.54. The van der Waals surface area contributed by atoms with Crippen molar-refractivity contribution in [3.63, 3.8) is 0 Å². The molecule has 0 aliphatic carbocycles. The summed E-state index contributed by atoms with van der Waals surface area (Å²) in [5.41, 5.74) is 0.0871. The average Bonchev–Trinajstić information content (AvgIpc) is 2.14. The Morgan fingerprint density at radius 3 is 2.31 bits per heavy atom. The maximum Gasteiger partial charge on any atom is 0.127 e. The zero-order valence-electron chi connectivity index (χ0n) is 8.76. The SMILES string of the molecule is CC(C)(C)N1CC[C@@H](O)[C@H](F)CC1. The molecule has 1 aliphatic heterocycles. The summed E-state index contributed by atoms with van der Waals surface area (Å²) < 4.78 is 13.1. The van der Waals surface area contributed by atoms with E-state index in [0.717, 1.165) is 13.1 Å². The minimum absolute atomic E-state index is 0.0871. The third-order valence-corrected chi connectivity index (χ3v) is 2.74. The number of halogens is 1. The number of aliphatic hydroxyl groups is 1. The molecule has 0 radical (unpaired) electrons. The van der Waals surface area contributed by atoms with Crippen LogP contribution in [0.3, 0.4) is 0 Å². The topological polar surface area (TPSA) is 23.5 Å². The van der Waals surface area contributed by atoms with Gasteiger partial charge in [-0.25, -0.2) is 4.39 Å². The van der Waals surface area contributed by atoms with E-state index in [4.69, 9.17) is 0 Å². The van der Waals surface area contributed by atoms with Crippen molar-refractivity contribution in [1.82, 2.24) is 4.90 Å². The fourth-order valence-electron chi connectivity index (χ4n) is 1.72. The molecule has 1 aliphatic rings. The van der Waals surface area contributed by atoms with Crippen molar-refractivity contribution >= 4 is 0 Å². The molecule has 1 rings (SSSR count). The number of likely N-dealkylation sites (tertiary alicyclic amines) is 1. The second kappa shape index (κ2) is 3.93. The summed E-state index contributed by atoms with van der Waals surface area (Å²) in [6, 6.07) is 0. The van der Waals surface area contributed by atoms with Crippen LogP contribution in [0.15, 0.2) is 0 Å². The first kappa shape index (κ1) is 10.9. The van der Waals surface area contributed by atoms with Crippen LogP contribution >= 0.6 is 0 Å². The van der Waals surface area contributed by atoms with Crippen LogP contribution in [-0.2, 0) is 0 Å². The van der Waals surface area contributed by atoms with Crippen LogP contribution in [0.25, 0.3) is 0 Å². The molecule has 78 valence electrons. The van der Waals surface area contributed by atoms with Crippen LogP contribution in [0, 0.1) is 0 Å². The third-order valence-electron chi connectivity index (χ3n) is 2.74. The van der Waals surface area contributed by atoms with Gasteiger partial charge in [-0.3, -0.25) is 4.90 Å². The standard InChI is InChI=1S/C10H20FNO/c1-10(2,3)12-6-4-8(11)9(13)5-7-12/h8-9,13H,4-7H2,1-3H3/t8-,9-/m1/s1. The third kappa shape index (κ3) is 2.92. The van der Waals surface area contributed by atoms with E-state index in [0.29, 0.717) is 12.8 Å². The Morgan fingerprint density at radius 2 is 1.77 bits per heavy atom. The van der Waals surface area contributed by atoms with Crippen LogP contribution in [0.2, 0.25) is 0 Å². The summed E-state index contributed by atoms with van der Waals surface area (Å²) in [7, 11) is 0. The molecule has 0 unspecified atom stereocenters. The fourth-order valence-corrected chi connectivity index (χ4v) is 1.72. The summed E-state index contributed by atoms with van der Waals surface area (Å²) in [5.74, 6) is 0. The summed E-state index contributed by atoms with van der Waals surface area (Å²) in [4.78, 5) is 2.23. The van der Waals surface area contributed by atoms with E-state index in [9.17, 15) is 9.50 Å². The molecule has 1 saturated heterocycles. The molecule has 0 amide bonds. The fraction of sp³-hybridized carbons (Fsp3) is 1.00. The van der Waals surface area contributed by atoms with Gasteiger partial charge in [0, 0.05) is 18.6 Å². The van der Waals surface area contributed by atoms with Crippen molar-refractivity contribution in [1.29, 1.82) is 0 Å².